The molecule has 20 heavy (non-hydrogen) atoms. The molecule has 0 unspecified atom stereocenters. The van der Waals surface area contributed by atoms with E-state index in [4.69, 9.17) is 5.73 Å². The van der Waals surface area contributed by atoms with Crippen LogP contribution in [0.15, 0.2) is 48.7 Å². The monoisotopic (exact) mass is 269 g/mol. The minimum absolute atomic E-state index is 0.312. The second kappa shape index (κ2) is 4.77. The minimum Gasteiger partial charge on any atom is -0.364 e. The van der Waals surface area contributed by atoms with Crippen LogP contribution in [0, 0.1) is 5.82 Å². The molecule has 0 saturated heterocycles. The molecule has 2 heterocycles. The van der Waals surface area contributed by atoms with Crippen LogP contribution >= 0.6 is 0 Å². The number of carbonyl (C=O) groups is 1. The zero-order valence-electron chi connectivity index (χ0n) is 10.6. The van der Waals surface area contributed by atoms with Gasteiger partial charge in [0.2, 0.25) is 0 Å². The van der Waals surface area contributed by atoms with Gasteiger partial charge in [-0.15, -0.1) is 0 Å². The quantitative estimate of drug-likeness (QED) is 0.793. The van der Waals surface area contributed by atoms with Crippen molar-refractivity contribution in [1.29, 1.82) is 0 Å². The second-order valence-corrected chi connectivity index (χ2v) is 4.53. The molecule has 0 fully saturated rings. The summed E-state index contributed by atoms with van der Waals surface area (Å²) in [6.45, 7) is 0.344. The molecule has 5 heteroatoms. The van der Waals surface area contributed by atoms with Gasteiger partial charge in [-0.3, -0.25) is 4.79 Å². The normalized spacial score (nSPS) is 10.8. The molecule has 0 radical (unpaired) electrons. The Kier molecular flexibility index (Phi) is 2.95. The lowest BCUT2D eigenvalue weighted by Gasteiger charge is -2.08. The fraction of sp³-hybridized carbons (Fsp3) is 0.0667. The Morgan fingerprint density at radius 3 is 2.85 bits per heavy atom. The van der Waals surface area contributed by atoms with Crippen LogP contribution in [-0.2, 0) is 6.54 Å². The molecule has 0 aliphatic rings. The van der Waals surface area contributed by atoms with Gasteiger partial charge < -0.3 is 10.3 Å². The van der Waals surface area contributed by atoms with Gasteiger partial charge in [0.15, 0.2) is 0 Å². The molecule has 100 valence electrons. The Morgan fingerprint density at radius 1 is 1.25 bits per heavy atom. The third-order valence-electron chi connectivity index (χ3n) is 3.14. The van der Waals surface area contributed by atoms with Crippen molar-refractivity contribution in [2.45, 2.75) is 6.54 Å². The van der Waals surface area contributed by atoms with Crippen LogP contribution in [0.25, 0.3) is 11.0 Å². The fourth-order valence-electron chi connectivity index (χ4n) is 2.27. The summed E-state index contributed by atoms with van der Waals surface area (Å²) in [6, 6.07) is 11.6. The van der Waals surface area contributed by atoms with Crippen molar-refractivity contribution in [3.05, 3.63) is 65.7 Å². The molecule has 3 rings (SSSR count). The van der Waals surface area contributed by atoms with E-state index < -0.39 is 5.91 Å². The molecule has 2 N–H and O–H groups in total. The maximum atomic E-state index is 13.3. The topological polar surface area (TPSA) is 60.9 Å². The van der Waals surface area contributed by atoms with Crippen LogP contribution in [0.3, 0.4) is 0 Å². The molecule has 0 bridgehead atoms. The van der Waals surface area contributed by atoms with Crippen molar-refractivity contribution >= 4 is 16.9 Å². The summed E-state index contributed by atoms with van der Waals surface area (Å²) in [5.41, 5.74) is 7.17. The van der Waals surface area contributed by atoms with Crippen molar-refractivity contribution in [1.82, 2.24) is 9.55 Å². The summed E-state index contributed by atoms with van der Waals surface area (Å²) < 4.78 is 15.0. The zero-order valence-corrected chi connectivity index (χ0v) is 10.6. The molecule has 2 aromatic heterocycles. The Labute approximate surface area is 114 Å². The molecule has 0 saturated carbocycles. The van der Waals surface area contributed by atoms with Gasteiger partial charge in [-0.1, -0.05) is 12.1 Å². The first kappa shape index (κ1) is 12.3. The van der Waals surface area contributed by atoms with Crippen LogP contribution in [-0.4, -0.2) is 15.5 Å². The second-order valence-electron chi connectivity index (χ2n) is 4.53. The van der Waals surface area contributed by atoms with E-state index in [0.717, 1.165) is 10.9 Å². The first-order valence-electron chi connectivity index (χ1n) is 6.13. The summed E-state index contributed by atoms with van der Waals surface area (Å²) in [4.78, 5) is 15.8. The van der Waals surface area contributed by atoms with E-state index in [-0.39, 0.29) is 5.82 Å². The number of carbonyl (C=O) groups excluding carboxylic acids is 1. The summed E-state index contributed by atoms with van der Waals surface area (Å²) in [6.07, 6.45) is 1.65. The van der Waals surface area contributed by atoms with Crippen LogP contribution in [0.2, 0.25) is 0 Å². The Bertz CT molecular complexity index is 795. The van der Waals surface area contributed by atoms with E-state index in [1.54, 1.807) is 35.0 Å². The number of pyridine rings is 1. The average Bonchev–Trinajstić information content (AvgIpc) is 2.78. The maximum absolute atomic E-state index is 13.3. The molecular weight excluding hydrogens is 257 g/mol. The largest absolute Gasteiger partial charge is 0.364 e. The van der Waals surface area contributed by atoms with Crippen molar-refractivity contribution in [3.8, 4) is 0 Å². The van der Waals surface area contributed by atoms with E-state index in [1.807, 2.05) is 6.07 Å². The van der Waals surface area contributed by atoms with Gasteiger partial charge in [0.1, 0.15) is 17.2 Å². The molecule has 0 spiro atoms. The number of rotatable bonds is 3. The number of nitrogens with zero attached hydrogens (tertiary/aromatic N) is 2. The molecule has 1 amide bonds. The van der Waals surface area contributed by atoms with Crippen molar-refractivity contribution in [2.75, 3.05) is 0 Å². The Hall–Kier alpha value is -2.69. The molecule has 4 nitrogen and oxygen atoms in total. The number of nitrogens with two attached hydrogens (primary N) is 1. The van der Waals surface area contributed by atoms with Crippen molar-refractivity contribution in [2.24, 2.45) is 5.73 Å². The molecule has 0 aliphatic carbocycles. The number of aromatic nitrogens is 2. The van der Waals surface area contributed by atoms with Gasteiger partial charge in [0, 0.05) is 18.1 Å². The lowest BCUT2D eigenvalue weighted by molar-refractivity contribution is 0.0992. The first-order valence-corrected chi connectivity index (χ1v) is 6.13. The van der Waals surface area contributed by atoms with Gasteiger partial charge in [0.05, 0.1) is 0 Å². The lowest BCUT2D eigenvalue weighted by atomic mass is 10.2. The molecular formula is C15H12FN3O. The van der Waals surface area contributed by atoms with Gasteiger partial charge in [-0.2, -0.15) is 0 Å². The molecule has 3 aromatic rings. The predicted molar refractivity (Wildman–Crippen MR) is 73.8 cm³/mol. The van der Waals surface area contributed by atoms with E-state index in [0.29, 0.717) is 17.9 Å². The smallest absolute Gasteiger partial charge is 0.265 e. The number of fused-ring (bicyclic) bond motifs is 1. The van der Waals surface area contributed by atoms with E-state index in [1.165, 1.54) is 12.1 Å². The van der Waals surface area contributed by atoms with Gasteiger partial charge >= 0.3 is 0 Å². The van der Waals surface area contributed by atoms with Gasteiger partial charge in [-0.25, -0.2) is 9.37 Å². The third-order valence-corrected chi connectivity index (χ3v) is 3.14. The molecule has 0 atom stereocenters. The highest BCUT2D eigenvalue weighted by Crippen LogP contribution is 2.19. The van der Waals surface area contributed by atoms with Crippen LogP contribution in [0.1, 0.15) is 16.1 Å². The van der Waals surface area contributed by atoms with Crippen molar-refractivity contribution < 1.29 is 9.18 Å². The maximum Gasteiger partial charge on any atom is 0.265 e. The minimum atomic E-state index is -0.528. The number of amides is 1. The summed E-state index contributed by atoms with van der Waals surface area (Å²) in [7, 11) is 0. The van der Waals surface area contributed by atoms with Crippen LogP contribution in [0.4, 0.5) is 4.39 Å². The highest BCUT2D eigenvalue weighted by molar-refractivity contribution is 5.96. The number of hydrogen-bond donors (Lipinski definition) is 1. The van der Waals surface area contributed by atoms with E-state index in [9.17, 15) is 9.18 Å². The Balaban J connectivity index is 2.14. The van der Waals surface area contributed by atoms with E-state index >= 15 is 0 Å². The molecule has 0 aliphatic heterocycles. The lowest BCUT2D eigenvalue weighted by Crippen LogP contribution is -2.17. The summed E-state index contributed by atoms with van der Waals surface area (Å²) in [5.74, 6) is -0.841. The standard InChI is InChI=1S/C15H12FN3O/c16-12-5-1-3-10(7-12)9-19-13(14(17)20)8-11-4-2-6-18-15(11)19/h1-8H,9H2,(H2,17,20). The third kappa shape index (κ3) is 2.14. The summed E-state index contributed by atoms with van der Waals surface area (Å²) >= 11 is 0. The number of halogens is 1. The van der Waals surface area contributed by atoms with Gasteiger partial charge in [-0.05, 0) is 35.9 Å². The van der Waals surface area contributed by atoms with Crippen LogP contribution in [0.5, 0.6) is 0 Å². The highest BCUT2D eigenvalue weighted by Gasteiger charge is 2.14. The zero-order chi connectivity index (χ0) is 14.1. The predicted octanol–water partition coefficient (Wildman–Crippen LogP) is 2.32. The number of benzene rings is 1. The van der Waals surface area contributed by atoms with Crippen molar-refractivity contribution in [3.63, 3.8) is 0 Å². The van der Waals surface area contributed by atoms with E-state index in [2.05, 4.69) is 4.98 Å². The first-order chi connectivity index (χ1) is 9.65. The average molecular weight is 269 g/mol. The Morgan fingerprint density at radius 2 is 2.10 bits per heavy atom. The number of hydrogen-bond acceptors (Lipinski definition) is 2. The number of primary amides is 1. The summed E-state index contributed by atoms with van der Waals surface area (Å²) in [5, 5.41) is 0.831. The highest BCUT2D eigenvalue weighted by atomic mass is 19.1. The van der Waals surface area contributed by atoms with Gasteiger partial charge in [0.25, 0.3) is 5.91 Å². The molecule has 1 aromatic carbocycles. The van der Waals surface area contributed by atoms with Crippen LogP contribution < -0.4 is 5.73 Å². The SMILES string of the molecule is NC(=O)c1cc2cccnc2n1Cc1cccc(F)c1. The fourth-order valence-corrected chi connectivity index (χ4v) is 2.27.